The van der Waals surface area contributed by atoms with Crippen molar-refractivity contribution in [2.45, 2.75) is 25.4 Å². The molecule has 0 aromatic carbocycles. The first-order valence-electron chi connectivity index (χ1n) is 4.27. The maximum absolute atomic E-state index is 4.09. The molecule has 0 atom stereocenters. The molecule has 0 amide bonds. The Hall–Kier alpha value is -1.09. The molecule has 3 nitrogen and oxygen atoms in total. The number of nitrogens with one attached hydrogen (secondary N) is 1. The molecule has 64 valence electrons. The number of hydrogen-bond acceptors (Lipinski definition) is 2. The third-order valence-electron chi connectivity index (χ3n) is 2.01. The van der Waals surface area contributed by atoms with Crippen molar-refractivity contribution in [2.75, 3.05) is 0 Å². The van der Waals surface area contributed by atoms with Gasteiger partial charge in [0, 0.05) is 30.5 Å². The zero-order chi connectivity index (χ0) is 8.39. The standard InChI is InChI=1S/C9H13N3/c1-2-12-7-8(6-11-12)5-10-9-3-4-9/h2,6-7,9-10H,1,3-5H2. The van der Waals surface area contributed by atoms with Crippen LogP contribution in [0.15, 0.2) is 19.0 Å². The summed E-state index contributed by atoms with van der Waals surface area (Å²) in [5, 5.41) is 7.51. The molecule has 0 aliphatic heterocycles. The SMILES string of the molecule is C=Cn1cc(CNC2CC2)cn1. The lowest BCUT2D eigenvalue weighted by molar-refractivity contribution is 0.688. The highest BCUT2D eigenvalue weighted by Gasteiger charge is 2.19. The van der Waals surface area contributed by atoms with Crippen LogP contribution in [0.5, 0.6) is 0 Å². The van der Waals surface area contributed by atoms with Gasteiger partial charge in [0.05, 0.1) is 6.20 Å². The molecule has 0 saturated heterocycles. The average Bonchev–Trinajstić information content (AvgIpc) is 2.81. The highest BCUT2D eigenvalue weighted by molar-refractivity contribution is 5.17. The van der Waals surface area contributed by atoms with E-state index in [0.29, 0.717) is 0 Å². The van der Waals surface area contributed by atoms with Crippen molar-refractivity contribution in [1.29, 1.82) is 0 Å². The van der Waals surface area contributed by atoms with Crippen molar-refractivity contribution in [3.63, 3.8) is 0 Å². The molecule has 0 unspecified atom stereocenters. The molecule has 0 radical (unpaired) electrons. The molecule has 3 heteroatoms. The van der Waals surface area contributed by atoms with E-state index in [4.69, 9.17) is 0 Å². The number of nitrogens with zero attached hydrogens (tertiary/aromatic N) is 2. The highest BCUT2D eigenvalue weighted by atomic mass is 15.2. The van der Waals surface area contributed by atoms with E-state index in [1.54, 1.807) is 10.9 Å². The second-order valence-corrected chi connectivity index (χ2v) is 3.17. The fourth-order valence-corrected chi connectivity index (χ4v) is 1.12. The largest absolute Gasteiger partial charge is 0.310 e. The van der Waals surface area contributed by atoms with E-state index < -0.39 is 0 Å². The molecule has 1 aliphatic carbocycles. The summed E-state index contributed by atoms with van der Waals surface area (Å²) >= 11 is 0. The van der Waals surface area contributed by atoms with Crippen LogP contribution in [0.2, 0.25) is 0 Å². The molecular formula is C9H13N3. The van der Waals surface area contributed by atoms with E-state index in [0.717, 1.165) is 12.6 Å². The first kappa shape index (κ1) is 7.55. The van der Waals surface area contributed by atoms with Gasteiger partial charge in [0.2, 0.25) is 0 Å². The van der Waals surface area contributed by atoms with Crippen LogP contribution in [-0.2, 0) is 6.54 Å². The summed E-state index contributed by atoms with van der Waals surface area (Å²) in [6.45, 7) is 4.56. The van der Waals surface area contributed by atoms with E-state index in [-0.39, 0.29) is 0 Å². The summed E-state index contributed by atoms with van der Waals surface area (Å²) in [5.41, 5.74) is 1.22. The summed E-state index contributed by atoms with van der Waals surface area (Å²) in [6.07, 6.45) is 8.21. The van der Waals surface area contributed by atoms with E-state index >= 15 is 0 Å². The van der Waals surface area contributed by atoms with Crippen molar-refractivity contribution in [3.8, 4) is 0 Å². The lowest BCUT2D eigenvalue weighted by Crippen LogP contribution is -2.14. The van der Waals surface area contributed by atoms with Crippen molar-refractivity contribution >= 4 is 6.20 Å². The smallest absolute Gasteiger partial charge is 0.0538 e. The summed E-state index contributed by atoms with van der Waals surface area (Å²) in [7, 11) is 0. The second kappa shape index (κ2) is 3.11. The monoisotopic (exact) mass is 163 g/mol. The predicted molar refractivity (Wildman–Crippen MR) is 48.5 cm³/mol. The van der Waals surface area contributed by atoms with E-state index in [2.05, 4.69) is 17.0 Å². The Morgan fingerprint density at radius 1 is 1.75 bits per heavy atom. The molecule has 0 spiro atoms. The third-order valence-corrected chi connectivity index (χ3v) is 2.01. The van der Waals surface area contributed by atoms with Crippen molar-refractivity contribution < 1.29 is 0 Å². The fourth-order valence-electron chi connectivity index (χ4n) is 1.12. The van der Waals surface area contributed by atoms with Gasteiger partial charge in [0.25, 0.3) is 0 Å². The van der Waals surface area contributed by atoms with Crippen LogP contribution in [0.3, 0.4) is 0 Å². The van der Waals surface area contributed by atoms with Crippen molar-refractivity contribution in [3.05, 3.63) is 24.5 Å². The molecule has 2 rings (SSSR count). The Labute approximate surface area is 72.1 Å². The highest BCUT2D eigenvalue weighted by Crippen LogP contribution is 2.19. The van der Waals surface area contributed by atoms with Gasteiger partial charge < -0.3 is 5.32 Å². The maximum Gasteiger partial charge on any atom is 0.0538 e. The van der Waals surface area contributed by atoms with Gasteiger partial charge >= 0.3 is 0 Å². The molecule has 1 aliphatic rings. The molecule has 1 saturated carbocycles. The quantitative estimate of drug-likeness (QED) is 0.723. The normalized spacial score (nSPS) is 16.3. The van der Waals surface area contributed by atoms with Gasteiger partial charge in [-0.3, -0.25) is 0 Å². The van der Waals surface area contributed by atoms with E-state index in [1.165, 1.54) is 18.4 Å². The number of hydrogen-bond donors (Lipinski definition) is 1. The van der Waals surface area contributed by atoms with Crippen LogP contribution >= 0.6 is 0 Å². The van der Waals surface area contributed by atoms with Crippen LogP contribution in [0.1, 0.15) is 18.4 Å². The minimum Gasteiger partial charge on any atom is -0.310 e. The summed E-state index contributed by atoms with van der Waals surface area (Å²) in [4.78, 5) is 0. The number of aromatic nitrogens is 2. The van der Waals surface area contributed by atoms with Crippen LogP contribution in [0.25, 0.3) is 6.20 Å². The first-order valence-corrected chi connectivity index (χ1v) is 4.27. The van der Waals surface area contributed by atoms with Crippen LogP contribution in [0.4, 0.5) is 0 Å². The lowest BCUT2D eigenvalue weighted by atomic mass is 10.3. The Balaban J connectivity index is 1.88. The molecular weight excluding hydrogens is 150 g/mol. The zero-order valence-electron chi connectivity index (χ0n) is 7.03. The Bertz CT molecular complexity index is 273. The van der Waals surface area contributed by atoms with Gasteiger partial charge in [-0.25, -0.2) is 4.68 Å². The molecule has 1 fully saturated rings. The van der Waals surface area contributed by atoms with Gasteiger partial charge in [-0.15, -0.1) is 0 Å². The Morgan fingerprint density at radius 2 is 2.58 bits per heavy atom. The molecule has 1 N–H and O–H groups in total. The van der Waals surface area contributed by atoms with Crippen molar-refractivity contribution in [1.82, 2.24) is 15.1 Å². The predicted octanol–water partition coefficient (Wildman–Crippen LogP) is 1.24. The topological polar surface area (TPSA) is 29.9 Å². The molecule has 1 aromatic rings. The van der Waals surface area contributed by atoms with Crippen LogP contribution in [-0.4, -0.2) is 15.8 Å². The third kappa shape index (κ3) is 1.74. The first-order chi connectivity index (χ1) is 5.88. The Kier molecular flexibility index (Phi) is 1.96. The summed E-state index contributed by atoms with van der Waals surface area (Å²) < 4.78 is 1.73. The van der Waals surface area contributed by atoms with E-state index in [9.17, 15) is 0 Å². The van der Waals surface area contributed by atoms with E-state index in [1.807, 2.05) is 12.4 Å². The van der Waals surface area contributed by atoms with Gasteiger partial charge in [-0.05, 0) is 12.8 Å². The van der Waals surface area contributed by atoms with Crippen LogP contribution in [0, 0.1) is 0 Å². The number of rotatable bonds is 4. The molecule has 1 heterocycles. The average molecular weight is 163 g/mol. The molecule has 0 bridgehead atoms. The van der Waals surface area contributed by atoms with Crippen molar-refractivity contribution in [2.24, 2.45) is 0 Å². The molecule has 1 aromatic heterocycles. The van der Waals surface area contributed by atoms with Crippen LogP contribution < -0.4 is 5.32 Å². The Morgan fingerprint density at radius 3 is 3.17 bits per heavy atom. The lowest BCUT2D eigenvalue weighted by Gasteiger charge is -1.97. The van der Waals surface area contributed by atoms with Gasteiger partial charge in [-0.2, -0.15) is 5.10 Å². The second-order valence-electron chi connectivity index (χ2n) is 3.17. The van der Waals surface area contributed by atoms with Gasteiger partial charge in [0.1, 0.15) is 0 Å². The minimum absolute atomic E-state index is 0.761. The molecule has 12 heavy (non-hydrogen) atoms. The maximum atomic E-state index is 4.09. The summed E-state index contributed by atoms with van der Waals surface area (Å²) in [6, 6.07) is 0.761. The fraction of sp³-hybridized carbons (Fsp3) is 0.444. The summed E-state index contributed by atoms with van der Waals surface area (Å²) in [5.74, 6) is 0. The van der Waals surface area contributed by atoms with Gasteiger partial charge in [0.15, 0.2) is 0 Å². The zero-order valence-corrected chi connectivity index (χ0v) is 7.03. The minimum atomic E-state index is 0.761. The van der Waals surface area contributed by atoms with Gasteiger partial charge in [-0.1, -0.05) is 6.58 Å².